The normalized spacial score (nSPS) is 11.9. The Kier molecular flexibility index (Phi) is 9.39. The van der Waals surface area contributed by atoms with Crippen LogP contribution < -0.4 is 0 Å². The van der Waals surface area contributed by atoms with Gasteiger partial charge >= 0.3 is 0 Å². The Morgan fingerprint density at radius 2 is 1.69 bits per heavy atom. The first kappa shape index (κ1) is 23.1. The largest absolute Gasteiger partial charge is 0.333 e. The average Bonchev–Trinajstić information content (AvgIpc) is 3.12. The topological polar surface area (TPSA) is 40.6 Å². The molecule has 0 N–H and O–H groups in total. The number of aryl methyl sites for hydroxylation is 1. The summed E-state index contributed by atoms with van der Waals surface area (Å²) in [5, 5.41) is 0. The minimum absolute atomic E-state index is 0.00709. The van der Waals surface area contributed by atoms with Crippen LogP contribution in [0.2, 0.25) is 0 Å². The molecule has 1 atom stereocenters. The molecule has 0 saturated carbocycles. The lowest BCUT2D eigenvalue weighted by atomic mass is 10.1. The van der Waals surface area contributed by atoms with Gasteiger partial charge in [0.15, 0.2) is 0 Å². The Morgan fingerprint density at radius 3 is 2.28 bits per heavy atom. The molecule has 2 aromatic rings. The van der Waals surface area contributed by atoms with Crippen molar-refractivity contribution in [3.63, 3.8) is 0 Å². The first-order chi connectivity index (χ1) is 13.9. The third kappa shape index (κ3) is 7.65. The molecule has 4 nitrogen and oxygen atoms in total. The Morgan fingerprint density at radius 1 is 0.966 bits per heavy atom. The molecule has 5 heteroatoms. The van der Waals surface area contributed by atoms with E-state index in [1.54, 1.807) is 16.2 Å². The predicted molar refractivity (Wildman–Crippen MR) is 121 cm³/mol. The van der Waals surface area contributed by atoms with E-state index in [0.717, 1.165) is 18.4 Å². The van der Waals surface area contributed by atoms with Gasteiger partial charge in [-0.2, -0.15) is 0 Å². The zero-order valence-electron chi connectivity index (χ0n) is 18.2. The van der Waals surface area contributed by atoms with Crippen LogP contribution in [-0.4, -0.2) is 34.7 Å². The lowest BCUT2D eigenvalue weighted by Crippen LogP contribution is -2.44. The van der Waals surface area contributed by atoms with Crippen molar-refractivity contribution in [1.82, 2.24) is 9.80 Å². The number of hydrogen-bond acceptors (Lipinski definition) is 3. The van der Waals surface area contributed by atoms with Gasteiger partial charge in [0.05, 0.1) is 13.1 Å². The second kappa shape index (κ2) is 11.8. The van der Waals surface area contributed by atoms with Crippen LogP contribution in [-0.2, 0) is 22.7 Å². The van der Waals surface area contributed by atoms with Crippen LogP contribution >= 0.6 is 11.3 Å². The van der Waals surface area contributed by atoms with Gasteiger partial charge in [-0.3, -0.25) is 9.59 Å². The zero-order chi connectivity index (χ0) is 21.2. The summed E-state index contributed by atoms with van der Waals surface area (Å²) >= 11 is 1.72. The van der Waals surface area contributed by atoms with Crippen molar-refractivity contribution in [3.8, 4) is 0 Å². The molecule has 0 saturated heterocycles. The van der Waals surface area contributed by atoms with Crippen molar-refractivity contribution in [2.75, 3.05) is 13.1 Å². The lowest BCUT2D eigenvalue weighted by Gasteiger charge is -2.29. The van der Waals surface area contributed by atoms with Gasteiger partial charge < -0.3 is 9.80 Å². The van der Waals surface area contributed by atoms with Gasteiger partial charge in [0.2, 0.25) is 11.8 Å². The van der Waals surface area contributed by atoms with Gasteiger partial charge in [-0.1, -0.05) is 57.5 Å². The van der Waals surface area contributed by atoms with E-state index in [9.17, 15) is 9.59 Å². The standard InChI is InChI=1S/C24H34N2O2S/c1-5-10-23(27)25(15-19(3)6-2)18-24(28)26(16-21-11-8-7-9-12-21)17-22-14-13-20(4)29-22/h7-9,11-14,19H,5-6,10,15-18H2,1-4H3. The van der Waals surface area contributed by atoms with Crippen molar-refractivity contribution in [2.45, 2.75) is 60.0 Å². The summed E-state index contributed by atoms with van der Waals surface area (Å²) in [5.41, 5.74) is 1.10. The van der Waals surface area contributed by atoms with Gasteiger partial charge in [0.1, 0.15) is 0 Å². The molecule has 1 aromatic carbocycles. The first-order valence-electron chi connectivity index (χ1n) is 10.6. The molecule has 0 aliphatic rings. The maximum atomic E-state index is 13.3. The van der Waals surface area contributed by atoms with E-state index in [4.69, 9.17) is 0 Å². The number of nitrogens with zero attached hydrogens (tertiary/aromatic N) is 2. The van der Waals surface area contributed by atoms with Crippen molar-refractivity contribution in [3.05, 3.63) is 57.8 Å². The SMILES string of the molecule is CCCC(=O)N(CC(=O)N(Cc1ccccc1)Cc1ccc(C)s1)CC(C)CC. The van der Waals surface area contributed by atoms with E-state index < -0.39 is 0 Å². The molecule has 0 fully saturated rings. The van der Waals surface area contributed by atoms with Crippen LogP contribution in [0, 0.1) is 12.8 Å². The van der Waals surface area contributed by atoms with Crippen molar-refractivity contribution in [1.29, 1.82) is 0 Å². The van der Waals surface area contributed by atoms with E-state index >= 15 is 0 Å². The molecule has 158 valence electrons. The van der Waals surface area contributed by atoms with Crippen LogP contribution in [0.1, 0.15) is 55.4 Å². The molecule has 0 aliphatic heterocycles. The highest BCUT2D eigenvalue weighted by molar-refractivity contribution is 7.11. The smallest absolute Gasteiger partial charge is 0.242 e. The molecule has 1 heterocycles. The van der Waals surface area contributed by atoms with Crippen LogP contribution in [0.5, 0.6) is 0 Å². The van der Waals surface area contributed by atoms with E-state index in [1.165, 1.54) is 9.75 Å². The molecular weight excluding hydrogens is 380 g/mol. The Bertz CT molecular complexity index is 772. The van der Waals surface area contributed by atoms with Crippen LogP contribution in [0.3, 0.4) is 0 Å². The highest BCUT2D eigenvalue weighted by Crippen LogP contribution is 2.19. The number of benzene rings is 1. The van der Waals surface area contributed by atoms with E-state index in [-0.39, 0.29) is 18.4 Å². The quantitative estimate of drug-likeness (QED) is 0.503. The molecule has 1 unspecified atom stereocenters. The highest BCUT2D eigenvalue weighted by atomic mass is 32.1. The number of carbonyl (C=O) groups excluding carboxylic acids is 2. The molecule has 2 rings (SSSR count). The van der Waals surface area contributed by atoms with Crippen LogP contribution in [0.15, 0.2) is 42.5 Å². The number of carbonyl (C=O) groups is 2. The molecule has 1 aromatic heterocycles. The van der Waals surface area contributed by atoms with E-state index in [0.29, 0.717) is 32.0 Å². The second-order valence-corrected chi connectivity index (χ2v) is 9.16. The molecule has 0 spiro atoms. The summed E-state index contributed by atoms with van der Waals surface area (Å²) < 4.78 is 0. The Balaban J connectivity index is 2.17. The number of rotatable bonds is 11. The molecular formula is C24H34N2O2S. The van der Waals surface area contributed by atoms with Crippen molar-refractivity contribution >= 4 is 23.2 Å². The van der Waals surface area contributed by atoms with Crippen LogP contribution in [0.25, 0.3) is 0 Å². The maximum absolute atomic E-state index is 13.3. The summed E-state index contributed by atoms with van der Waals surface area (Å²) in [6.45, 7) is 10.2. The maximum Gasteiger partial charge on any atom is 0.242 e. The number of hydrogen-bond donors (Lipinski definition) is 0. The minimum Gasteiger partial charge on any atom is -0.333 e. The fourth-order valence-corrected chi connectivity index (χ4v) is 4.10. The summed E-state index contributed by atoms with van der Waals surface area (Å²) in [4.78, 5) is 32.0. The van der Waals surface area contributed by atoms with Gasteiger partial charge in [-0.15, -0.1) is 11.3 Å². The van der Waals surface area contributed by atoms with E-state index in [2.05, 4.69) is 32.9 Å². The van der Waals surface area contributed by atoms with Gasteiger partial charge in [-0.05, 0) is 37.0 Å². The van der Waals surface area contributed by atoms with Gasteiger partial charge in [-0.25, -0.2) is 0 Å². The molecule has 0 bridgehead atoms. The van der Waals surface area contributed by atoms with Crippen molar-refractivity contribution in [2.24, 2.45) is 5.92 Å². The highest BCUT2D eigenvalue weighted by Gasteiger charge is 2.23. The summed E-state index contributed by atoms with van der Waals surface area (Å²) in [6, 6.07) is 14.2. The fraction of sp³-hybridized carbons (Fsp3) is 0.500. The Hall–Kier alpha value is -2.14. The summed E-state index contributed by atoms with van der Waals surface area (Å²) in [7, 11) is 0. The second-order valence-electron chi connectivity index (χ2n) is 7.79. The first-order valence-corrected chi connectivity index (χ1v) is 11.4. The Labute approximate surface area is 179 Å². The fourth-order valence-electron chi connectivity index (χ4n) is 3.19. The van der Waals surface area contributed by atoms with E-state index in [1.807, 2.05) is 42.2 Å². The molecule has 0 aliphatic carbocycles. The number of thiophene rings is 1. The lowest BCUT2D eigenvalue weighted by molar-refractivity contribution is -0.141. The predicted octanol–water partition coefficient (Wildman–Crippen LogP) is 5.26. The molecule has 29 heavy (non-hydrogen) atoms. The zero-order valence-corrected chi connectivity index (χ0v) is 19.0. The van der Waals surface area contributed by atoms with Gasteiger partial charge in [0, 0.05) is 29.3 Å². The van der Waals surface area contributed by atoms with Gasteiger partial charge in [0.25, 0.3) is 0 Å². The third-order valence-electron chi connectivity index (χ3n) is 5.08. The summed E-state index contributed by atoms with van der Waals surface area (Å²) in [5.74, 6) is 0.464. The minimum atomic E-state index is 0.00709. The summed E-state index contributed by atoms with van der Waals surface area (Å²) in [6.07, 6.45) is 2.28. The van der Waals surface area contributed by atoms with Crippen molar-refractivity contribution < 1.29 is 9.59 Å². The van der Waals surface area contributed by atoms with Crippen LogP contribution in [0.4, 0.5) is 0 Å². The monoisotopic (exact) mass is 414 g/mol. The number of amides is 2. The third-order valence-corrected chi connectivity index (χ3v) is 6.07. The average molecular weight is 415 g/mol. The molecule has 0 radical (unpaired) electrons. The molecule has 2 amide bonds.